The van der Waals surface area contributed by atoms with Gasteiger partial charge in [-0.1, -0.05) is 41.9 Å². The Labute approximate surface area is 175 Å². The predicted molar refractivity (Wildman–Crippen MR) is 114 cm³/mol. The largest absolute Gasteiger partial charge is 0.342 e. The fourth-order valence-corrected chi connectivity index (χ4v) is 3.30. The Bertz CT molecular complexity index is 940. The minimum atomic E-state index is -1.18. The molecule has 0 unspecified atom stereocenters. The maximum absolute atomic E-state index is 12.8. The molecule has 0 aliphatic carbocycles. The molecule has 1 N–H and O–H groups in total. The molecule has 6 heteroatoms. The van der Waals surface area contributed by atoms with E-state index in [1.165, 1.54) is 0 Å². The van der Waals surface area contributed by atoms with Crippen LogP contribution in [0.5, 0.6) is 0 Å². The number of rotatable bonds is 8. The fourth-order valence-electron chi connectivity index (χ4n) is 3.17. The summed E-state index contributed by atoms with van der Waals surface area (Å²) in [5.41, 5.74) is 2.61. The number of nitrogens with one attached hydrogen (secondary N) is 1. The summed E-state index contributed by atoms with van der Waals surface area (Å²) < 4.78 is 12.4. The zero-order chi connectivity index (χ0) is 20.7. The van der Waals surface area contributed by atoms with Crippen molar-refractivity contribution in [2.45, 2.75) is 19.6 Å². The highest BCUT2D eigenvalue weighted by Gasteiger charge is 2.38. The third kappa shape index (κ3) is 4.65. The maximum atomic E-state index is 12.8. The molecule has 0 saturated carbocycles. The van der Waals surface area contributed by atoms with Gasteiger partial charge in [-0.2, -0.15) is 0 Å². The lowest BCUT2D eigenvalue weighted by atomic mass is 9.95. The zero-order valence-corrected chi connectivity index (χ0v) is 17.1. The van der Waals surface area contributed by atoms with Gasteiger partial charge in [0, 0.05) is 53.0 Å². The van der Waals surface area contributed by atoms with Gasteiger partial charge in [0.25, 0.3) is 5.91 Å². The fraction of sp³-hybridized carbons (Fsp3) is 0.217. The molecular weight excluding hydrogens is 388 g/mol. The third-order valence-corrected chi connectivity index (χ3v) is 4.64. The number of carbonyl (C=O) groups excluding carboxylic acids is 1. The first-order valence-electron chi connectivity index (χ1n) is 9.45. The van der Waals surface area contributed by atoms with Crippen LogP contribution in [0.25, 0.3) is 0 Å². The summed E-state index contributed by atoms with van der Waals surface area (Å²) in [5.74, 6) is -1.42. The van der Waals surface area contributed by atoms with E-state index in [9.17, 15) is 4.79 Å². The second-order valence-electron chi connectivity index (χ2n) is 6.23. The number of pyridine rings is 1. The number of para-hydroxylation sites is 1. The number of aromatic nitrogens is 1. The van der Waals surface area contributed by atoms with E-state index < -0.39 is 5.79 Å². The third-order valence-electron chi connectivity index (χ3n) is 4.39. The summed E-state index contributed by atoms with van der Waals surface area (Å²) in [6, 6.07) is 18.1. The summed E-state index contributed by atoms with van der Waals surface area (Å²) in [5, 5.41) is 3.60. The molecule has 1 heterocycles. The lowest BCUT2D eigenvalue weighted by Crippen LogP contribution is -2.36. The van der Waals surface area contributed by atoms with Gasteiger partial charge in [0.15, 0.2) is 0 Å². The molecule has 2 aromatic carbocycles. The van der Waals surface area contributed by atoms with Crippen LogP contribution in [-0.4, -0.2) is 24.1 Å². The van der Waals surface area contributed by atoms with Gasteiger partial charge >= 0.3 is 0 Å². The summed E-state index contributed by atoms with van der Waals surface area (Å²) in [7, 11) is 0. The molecule has 1 aromatic heterocycles. The standard InChI is InChI=1S/C23H23ClN2O3/c1-3-28-23(29-4-2,18-9-11-19(24)12-10-18)20-7-5-6-8-21(20)26-22(27)17-13-15-25-16-14-17/h5-16H,3-4H2,1-2H3,(H,26,27). The summed E-state index contributed by atoms with van der Waals surface area (Å²) >= 11 is 6.09. The molecule has 0 spiro atoms. The van der Waals surface area contributed by atoms with Crippen LogP contribution >= 0.6 is 11.6 Å². The Morgan fingerprint density at radius 1 is 0.966 bits per heavy atom. The molecule has 0 saturated heterocycles. The molecule has 0 aliphatic heterocycles. The number of carbonyl (C=O) groups is 1. The normalized spacial score (nSPS) is 11.3. The van der Waals surface area contributed by atoms with Crippen molar-refractivity contribution in [1.82, 2.24) is 4.98 Å². The molecule has 0 atom stereocenters. The van der Waals surface area contributed by atoms with Crippen molar-refractivity contribution < 1.29 is 14.3 Å². The molecule has 3 aromatic rings. The van der Waals surface area contributed by atoms with Crippen molar-refractivity contribution in [3.05, 3.63) is 94.8 Å². The number of anilines is 1. The summed E-state index contributed by atoms with van der Waals surface area (Å²) in [6.07, 6.45) is 3.17. The number of halogens is 1. The highest BCUT2D eigenvalue weighted by molar-refractivity contribution is 6.30. The van der Waals surface area contributed by atoms with E-state index in [1.54, 1.807) is 36.7 Å². The Kier molecular flexibility index (Phi) is 6.99. The van der Waals surface area contributed by atoms with Crippen LogP contribution in [-0.2, 0) is 15.3 Å². The van der Waals surface area contributed by atoms with Crippen LogP contribution in [0.4, 0.5) is 5.69 Å². The highest BCUT2D eigenvalue weighted by atomic mass is 35.5. The lowest BCUT2D eigenvalue weighted by molar-refractivity contribution is -0.212. The van der Waals surface area contributed by atoms with Crippen molar-refractivity contribution in [3.63, 3.8) is 0 Å². The first-order valence-corrected chi connectivity index (χ1v) is 9.83. The van der Waals surface area contributed by atoms with Gasteiger partial charge in [0.1, 0.15) is 0 Å². The van der Waals surface area contributed by atoms with Crippen LogP contribution < -0.4 is 5.32 Å². The molecule has 0 bridgehead atoms. The smallest absolute Gasteiger partial charge is 0.255 e. The van der Waals surface area contributed by atoms with Crippen LogP contribution in [0.15, 0.2) is 73.1 Å². The van der Waals surface area contributed by atoms with Gasteiger partial charge in [-0.3, -0.25) is 9.78 Å². The van der Waals surface area contributed by atoms with Crippen molar-refractivity contribution in [2.24, 2.45) is 0 Å². The Hall–Kier alpha value is -2.73. The van der Waals surface area contributed by atoms with Gasteiger partial charge < -0.3 is 14.8 Å². The van der Waals surface area contributed by atoms with E-state index in [2.05, 4.69) is 10.3 Å². The average Bonchev–Trinajstić information content (AvgIpc) is 2.75. The SMILES string of the molecule is CCOC(OCC)(c1ccc(Cl)cc1)c1ccccc1NC(=O)c1ccncc1. The minimum absolute atomic E-state index is 0.238. The van der Waals surface area contributed by atoms with Crippen molar-refractivity contribution in [1.29, 1.82) is 0 Å². The van der Waals surface area contributed by atoms with E-state index in [0.29, 0.717) is 35.1 Å². The van der Waals surface area contributed by atoms with Gasteiger partial charge in [-0.25, -0.2) is 0 Å². The second-order valence-corrected chi connectivity index (χ2v) is 6.66. The number of amides is 1. The molecule has 0 fully saturated rings. The van der Waals surface area contributed by atoms with Gasteiger partial charge in [-0.05, 0) is 44.2 Å². The Morgan fingerprint density at radius 2 is 1.59 bits per heavy atom. The zero-order valence-electron chi connectivity index (χ0n) is 16.4. The van der Waals surface area contributed by atoms with E-state index in [4.69, 9.17) is 21.1 Å². The number of hydrogen-bond donors (Lipinski definition) is 1. The lowest BCUT2D eigenvalue weighted by Gasteiger charge is -2.35. The van der Waals surface area contributed by atoms with Crippen LogP contribution in [0.3, 0.4) is 0 Å². The Morgan fingerprint density at radius 3 is 2.21 bits per heavy atom. The van der Waals surface area contributed by atoms with E-state index in [1.807, 2.05) is 50.2 Å². The van der Waals surface area contributed by atoms with Gasteiger partial charge in [0.05, 0.1) is 0 Å². The quantitative estimate of drug-likeness (QED) is 0.514. The first-order chi connectivity index (χ1) is 14.1. The summed E-state index contributed by atoms with van der Waals surface area (Å²) in [4.78, 5) is 16.7. The average molecular weight is 411 g/mol. The van der Waals surface area contributed by atoms with Crippen molar-refractivity contribution in [3.8, 4) is 0 Å². The number of benzene rings is 2. The van der Waals surface area contributed by atoms with Crippen LogP contribution in [0, 0.1) is 0 Å². The van der Waals surface area contributed by atoms with Crippen LogP contribution in [0.2, 0.25) is 5.02 Å². The molecule has 29 heavy (non-hydrogen) atoms. The minimum Gasteiger partial charge on any atom is -0.342 e. The molecule has 0 aliphatic rings. The molecule has 1 amide bonds. The molecule has 0 radical (unpaired) electrons. The molecule has 5 nitrogen and oxygen atoms in total. The number of nitrogens with zero attached hydrogens (tertiary/aromatic N) is 1. The maximum Gasteiger partial charge on any atom is 0.255 e. The highest BCUT2D eigenvalue weighted by Crippen LogP contribution is 2.39. The Balaban J connectivity index is 2.09. The number of hydrogen-bond acceptors (Lipinski definition) is 4. The summed E-state index contributed by atoms with van der Waals surface area (Å²) in [6.45, 7) is 4.63. The molecule has 150 valence electrons. The molecular formula is C23H23ClN2O3. The van der Waals surface area contributed by atoms with Crippen molar-refractivity contribution in [2.75, 3.05) is 18.5 Å². The van der Waals surface area contributed by atoms with Crippen molar-refractivity contribution >= 4 is 23.2 Å². The van der Waals surface area contributed by atoms with E-state index >= 15 is 0 Å². The van der Waals surface area contributed by atoms with E-state index in [-0.39, 0.29) is 5.91 Å². The topological polar surface area (TPSA) is 60.5 Å². The predicted octanol–water partition coefficient (Wildman–Crippen LogP) is 5.26. The number of ether oxygens (including phenoxy) is 2. The van der Waals surface area contributed by atoms with Gasteiger partial charge in [0.2, 0.25) is 5.79 Å². The van der Waals surface area contributed by atoms with Crippen LogP contribution in [0.1, 0.15) is 35.3 Å². The first kappa shape index (κ1) is 21.0. The van der Waals surface area contributed by atoms with E-state index in [0.717, 1.165) is 5.56 Å². The monoisotopic (exact) mass is 410 g/mol. The second kappa shape index (κ2) is 9.65. The van der Waals surface area contributed by atoms with Gasteiger partial charge in [-0.15, -0.1) is 0 Å². The molecule has 3 rings (SSSR count).